The molecule has 0 radical (unpaired) electrons. The Morgan fingerprint density at radius 3 is 2.28 bits per heavy atom. The number of pyridine rings is 2. The Morgan fingerprint density at radius 1 is 0.690 bits per heavy atom. The molecule has 1 unspecified atom stereocenters. The molecule has 4 aromatic rings. The lowest BCUT2D eigenvalue weighted by Gasteiger charge is -2.18. The average Bonchev–Trinajstić information content (AvgIpc) is 2.78. The molecule has 0 N–H and O–H groups in total. The summed E-state index contributed by atoms with van der Waals surface area (Å²) in [5, 5.41) is 0. The van der Waals surface area contributed by atoms with E-state index in [1.54, 1.807) is 0 Å². The van der Waals surface area contributed by atoms with E-state index in [0.717, 1.165) is 5.69 Å². The van der Waals surface area contributed by atoms with Crippen LogP contribution in [0.5, 0.6) is 0 Å². The van der Waals surface area contributed by atoms with Gasteiger partial charge in [0.2, 0.25) is 12.4 Å². The predicted octanol–water partition coefficient (Wildman–Crippen LogP) is 5.16. The number of aryl methyl sites for hydroxylation is 2. The molecule has 0 bridgehead atoms. The van der Waals surface area contributed by atoms with Crippen LogP contribution in [0.2, 0.25) is 0 Å². The molecule has 2 heteroatoms. The van der Waals surface area contributed by atoms with E-state index in [4.69, 9.17) is 0 Å². The molecular formula is C27H24N2+2. The van der Waals surface area contributed by atoms with Crippen LogP contribution in [0, 0.1) is 13.8 Å². The zero-order chi connectivity index (χ0) is 20.0. The van der Waals surface area contributed by atoms with Gasteiger partial charge in [0, 0.05) is 30.2 Å². The maximum atomic E-state index is 4.23. The second kappa shape index (κ2) is 6.82. The van der Waals surface area contributed by atoms with Crippen molar-refractivity contribution in [2.45, 2.75) is 19.8 Å². The molecule has 1 aliphatic heterocycles. The minimum absolute atomic E-state index is 0.113. The Morgan fingerprint density at radius 2 is 1.41 bits per heavy atom. The lowest BCUT2D eigenvalue weighted by atomic mass is 9.83. The van der Waals surface area contributed by atoms with Gasteiger partial charge >= 0.3 is 0 Å². The van der Waals surface area contributed by atoms with Crippen molar-refractivity contribution in [1.29, 1.82) is 0 Å². The Hall–Kier alpha value is -3.52. The first-order chi connectivity index (χ1) is 14.2. The van der Waals surface area contributed by atoms with Gasteiger partial charge < -0.3 is 0 Å². The maximum Gasteiger partial charge on any atom is 0.284 e. The fraction of sp³-hybridized carbons (Fsp3) is 0.111. The number of aromatic nitrogens is 2. The van der Waals surface area contributed by atoms with Crippen LogP contribution in [0.25, 0.3) is 22.5 Å². The fourth-order valence-electron chi connectivity index (χ4n) is 4.42. The number of rotatable bonds is 1. The van der Waals surface area contributed by atoms with Gasteiger partial charge in [-0.1, -0.05) is 42.0 Å². The van der Waals surface area contributed by atoms with Gasteiger partial charge in [0.1, 0.15) is 0 Å². The van der Waals surface area contributed by atoms with E-state index < -0.39 is 0 Å². The molecule has 140 valence electrons. The van der Waals surface area contributed by atoms with Crippen molar-refractivity contribution in [2.24, 2.45) is 0 Å². The number of fused-ring (bicyclic) bond motifs is 7. The van der Waals surface area contributed by atoms with Gasteiger partial charge in [0.05, 0.1) is 20.5 Å². The summed E-state index contributed by atoms with van der Waals surface area (Å²) in [4.78, 5) is 0. The highest BCUT2D eigenvalue weighted by Gasteiger charge is 2.33. The average molecular weight is 377 g/mol. The summed E-state index contributed by atoms with van der Waals surface area (Å²) in [7, 11) is 0. The smallest absolute Gasteiger partial charge is 0.102 e. The highest BCUT2D eigenvalue weighted by molar-refractivity contribution is 5.70. The summed E-state index contributed by atoms with van der Waals surface area (Å²) in [6.07, 6.45) is 6.37. The standard InChI is InChI=1S/C27H24N2/c1-4-21-22-9-5-6-10-23(22)26-11-7-8-15-28(26)29-16-14-20(3)18-27(29)24-13-12-19(2)17-25(21)24/h4-18,21H,1H2,2-3H3/q+2. The monoisotopic (exact) mass is 376 g/mol. The minimum atomic E-state index is 0.113. The number of hydrogen-bond donors (Lipinski definition) is 0. The summed E-state index contributed by atoms with van der Waals surface area (Å²) in [5.74, 6) is 0.113. The maximum absolute atomic E-state index is 4.23. The Labute approximate surface area is 172 Å². The molecule has 2 aromatic carbocycles. The van der Waals surface area contributed by atoms with E-state index in [1.165, 1.54) is 39.1 Å². The van der Waals surface area contributed by atoms with Crippen LogP contribution in [0.4, 0.5) is 0 Å². The van der Waals surface area contributed by atoms with Crippen molar-refractivity contribution < 1.29 is 9.35 Å². The van der Waals surface area contributed by atoms with Crippen LogP contribution in [0.1, 0.15) is 28.2 Å². The van der Waals surface area contributed by atoms with E-state index in [-0.39, 0.29) is 5.92 Å². The zero-order valence-electron chi connectivity index (χ0n) is 16.8. The lowest BCUT2D eigenvalue weighted by Crippen LogP contribution is -2.68. The van der Waals surface area contributed by atoms with E-state index in [1.807, 2.05) is 0 Å². The third-order valence-corrected chi connectivity index (χ3v) is 5.79. The van der Waals surface area contributed by atoms with Crippen molar-refractivity contribution in [1.82, 2.24) is 0 Å². The first-order valence-electron chi connectivity index (χ1n) is 10.0. The third kappa shape index (κ3) is 2.80. The molecule has 29 heavy (non-hydrogen) atoms. The molecular weight excluding hydrogens is 352 g/mol. The van der Waals surface area contributed by atoms with Crippen molar-refractivity contribution in [3.8, 4) is 22.5 Å². The summed E-state index contributed by atoms with van der Waals surface area (Å²) >= 11 is 0. The molecule has 1 aliphatic rings. The largest absolute Gasteiger partial charge is 0.284 e. The van der Waals surface area contributed by atoms with Crippen LogP contribution in [-0.2, 0) is 0 Å². The summed E-state index contributed by atoms with van der Waals surface area (Å²) in [6.45, 7) is 8.54. The molecule has 0 spiro atoms. The summed E-state index contributed by atoms with van der Waals surface area (Å²) in [6, 6.07) is 26.3. The van der Waals surface area contributed by atoms with Crippen LogP contribution < -0.4 is 9.35 Å². The van der Waals surface area contributed by atoms with Gasteiger partial charge in [-0.05, 0) is 48.7 Å². The summed E-state index contributed by atoms with van der Waals surface area (Å²) < 4.78 is 4.49. The first kappa shape index (κ1) is 17.6. The van der Waals surface area contributed by atoms with Crippen LogP contribution in [-0.4, -0.2) is 0 Å². The van der Waals surface area contributed by atoms with Gasteiger partial charge in [-0.3, -0.25) is 0 Å². The highest BCUT2D eigenvalue weighted by atomic mass is 15.4. The van der Waals surface area contributed by atoms with Crippen molar-refractivity contribution in [3.05, 3.63) is 120 Å². The van der Waals surface area contributed by atoms with E-state index in [0.29, 0.717) is 0 Å². The van der Waals surface area contributed by atoms with Gasteiger partial charge in [-0.15, -0.1) is 6.58 Å². The van der Waals surface area contributed by atoms with E-state index in [2.05, 4.69) is 121 Å². The van der Waals surface area contributed by atoms with E-state index in [9.17, 15) is 0 Å². The van der Waals surface area contributed by atoms with Gasteiger partial charge in [0.25, 0.3) is 11.4 Å². The third-order valence-electron chi connectivity index (χ3n) is 5.79. The molecule has 0 saturated heterocycles. The van der Waals surface area contributed by atoms with Crippen LogP contribution in [0.15, 0.2) is 97.8 Å². The molecule has 0 fully saturated rings. The molecule has 3 heterocycles. The first-order valence-corrected chi connectivity index (χ1v) is 10.0. The number of nitrogens with zero attached hydrogens (tertiary/aromatic N) is 2. The number of allylic oxidation sites excluding steroid dienone is 1. The van der Waals surface area contributed by atoms with Gasteiger partial charge in [-0.2, -0.15) is 0 Å². The Kier molecular flexibility index (Phi) is 4.13. The second-order valence-electron chi connectivity index (χ2n) is 7.76. The number of benzene rings is 2. The second-order valence-corrected chi connectivity index (χ2v) is 7.76. The Bertz CT molecular complexity index is 1250. The molecule has 0 aliphatic carbocycles. The quantitative estimate of drug-likeness (QED) is 0.320. The molecule has 2 nitrogen and oxygen atoms in total. The van der Waals surface area contributed by atoms with Crippen molar-refractivity contribution >= 4 is 0 Å². The van der Waals surface area contributed by atoms with Crippen molar-refractivity contribution in [2.75, 3.05) is 0 Å². The predicted molar refractivity (Wildman–Crippen MR) is 116 cm³/mol. The molecule has 0 saturated carbocycles. The number of hydrogen-bond acceptors (Lipinski definition) is 0. The topological polar surface area (TPSA) is 7.76 Å². The van der Waals surface area contributed by atoms with Gasteiger partial charge in [-0.25, -0.2) is 0 Å². The van der Waals surface area contributed by atoms with Crippen LogP contribution in [0.3, 0.4) is 0 Å². The highest BCUT2D eigenvalue weighted by Crippen LogP contribution is 2.38. The molecule has 2 aromatic heterocycles. The summed E-state index contributed by atoms with van der Waals surface area (Å²) in [5.41, 5.74) is 9.88. The normalized spacial score (nSPS) is 14.3. The zero-order valence-corrected chi connectivity index (χ0v) is 16.8. The molecule has 1 atom stereocenters. The molecule has 5 rings (SSSR count). The molecule has 0 amide bonds. The Balaban J connectivity index is 2.00. The lowest BCUT2D eigenvalue weighted by molar-refractivity contribution is -1.29. The van der Waals surface area contributed by atoms with Crippen molar-refractivity contribution in [3.63, 3.8) is 0 Å². The van der Waals surface area contributed by atoms with E-state index >= 15 is 0 Å². The van der Waals surface area contributed by atoms with Gasteiger partial charge in [0.15, 0.2) is 0 Å². The SMILES string of the molecule is C=CC1c2ccccc2-c2cccc[n+]2-[n+]2ccc(C)cc2-c2ccc(C)cc21. The van der Waals surface area contributed by atoms with Crippen LogP contribution >= 0.6 is 0 Å². The minimum Gasteiger partial charge on any atom is -0.102 e. The fourth-order valence-corrected chi connectivity index (χ4v) is 4.42.